The van der Waals surface area contributed by atoms with Crippen LogP contribution >= 0.6 is 0 Å². The van der Waals surface area contributed by atoms with Gasteiger partial charge in [0.15, 0.2) is 0 Å². The van der Waals surface area contributed by atoms with Gasteiger partial charge in [0, 0.05) is 62.2 Å². The van der Waals surface area contributed by atoms with Crippen LogP contribution in [0.15, 0.2) is 36.7 Å². The second kappa shape index (κ2) is 7.55. The van der Waals surface area contributed by atoms with Gasteiger partial charge < -0.3 is 14.4 Å². The standard InChI is InChI=1S/C21H26N4O2/c1-2-23-14-10-22-20(23)16-8-12-24(13-9-16)21(27)17-5-3-6-18(15-17)25-11-4-7-19(25)26/h3,5-6,10,14-16H,2,4,7-9,11-13H2,1H3. The van der Waals surface area contributed by atoms with Crippen molar-refractivity contribution in [3.8, 4) is 0 Å². The zero-order chi connectivity index (χ0) is 18.8. The van der Waals surface area contributed by atoms with Gasteiger partial charge in [-0.25, -0.2) is 4.98 Å². The number of likely N-dealkylation sites (tertiary alicyclic amines) is 1. The normalized spacial score (nSPS) is 18.3. The summed E-state index contributed by atoms with van der Waals surface area (Å²) in [4.78, 5) is 33.2. The van der Waals surface area contributed by atoms with Crippen molar-refractivity contribution in [2.75, 3.05) is 24.5 Å². The monoisotopic (exact) mass is 366 g/mol. The summed E-state index contributed by atoms with van der Waals surface area (Å²) in [6.07, 6.45) is 7.25. The molecular weight excluding hydrogens is 340 g/mol. The molecule has 0 spiro atoms. The highest BCUT2D eigenvalue weighted by atomic mass is 16.2. The molecule has 0 saturated carbocycles. The molecule has 0 bridgehead atoms. The van der Waals surface area contributed by atoms with Crippen molar-refractivity contribution in [2.45, 2.75) is 45.1 Å². The number of rotatable bonds is 4. The number of aryl methyl sites for hydroxylation is 1. The Morgan fingerprint density at radius 2 is 2.04 bits per heavy atom. The van der Waals surface area contributed by atoms with Crippen molar-refractivity contribution in [3.63, 3.8) is 0 Å². The van der Waals surface area contributed by atoms with Gasteiger partial charge in [0.25, 0.3) is 5.91 Å². The van der Waals surface area contributed by atoms with Crippen LogP contribution in [0.1, 0.15) is 54.7 Å². The van der Waals surface area contributed by atoms with E-state index in [2.05, 4.69) is 16.5 Å². The van der Waals surface area contributed by atoms with Crippen LogP contribution in [0.5, 0.6) is 0 Å². The van der Waals surface area contributed by atoms with Crippen molar-refractivity contribution >= 4 is 17.5 Å². The molecule has 2 aromatic rings. The predicted molar refractivity (Wildman–Crippen MR) is 104 cm³/mol. The molecule has 4 rings (SSSR count). The minimum Gasteiger partial charge on any atom is -0.339 e. The molecular formula is C21H26N4O2. The molecule has 27 heavy (non-hydrogen) atoms. The highest BCUT2D eigenvalue weighted by molar-refractivity contribution is 5.99. The number of benzene rings is 1. The van der Waals surface area contributed by atoms with E-state index in [0.29, 0.717) is 17.9 Å². The Morgan fingerprint density at radius 1 is 1.22 bits per heavy atom. The molecule has 2 aliphatic rings. The van der Waals surface area contributed by atoms with Gasteiger partial charge in [0.2, 0.25) is 5.91 Å². The van der Waals surface area contributed by atoms with Gasteiger partial charge in [-0.2, -0.15) is 0 Å². The van der Waals surface area contributed by atoms with Crippen molar-refractivity contribution in [3.05, 3.63) is 48.0 Å². The van der Waals surface area contributed by atoms with Crippen LogP contribution in [-0.2, 0) is 11.3 Å². The number of imidazole rings is 1. The van der Waals surface area contributed by atoms with Gasteiger partial charge >= 0.3 is 0 Å². The highest BCUT2D eigenvalue weighted by Crippen LogP contribution is 2.28. The average molecular weight is 366 g/mol. The Labute approximate surface area is 159 Å². The first-order chi connectivity index (χ1) is 13.2. The van der Waals surface area contributed by atoms with Crippen LogP contribution in [0.3, 0.4) is 0 Å². The number of amides is 2. The minimum atomic E-state index is 0.0563. The number of aromatic nitrogens is 2. The molecule has 0 aliphatic carbocycles. The summed E-state index contributed by atoms with van der Waals surface area (Å²) in [5.74, 6) is 1.75. The van der Waals surface area contributed by atoms with Crippen LogP contribution in [0.4, 0.5) is 5.69 Å². The molecule has 0 radical (unpaired) electrons. The third-order valence-electron chi connectivity index (χ3n) is 5.71. The first kappa shape index (κ1) is 17.8. The Morgan fingerprint density at radius 3 is 2.74 bits per heavy atom. The maximum atomic E-state index is 13.0. The first-order valence-electron chi connectivity index (χ1n) is 9.88. The number of piperidine rings is 1. The molecule has 2 fully saturated rings. The summed E-state index contributed by atoms with van der Waals surface area (Å²) in [7, 11) is 0. The van der Waals surface area contributed by atoms with Gasteiger partial charge in [-0.15, -0.1) is 0 Å². The largest absolute Gasteiger partial charge is 0.339 e. The lowest BCUT2D eigenvalue weighted by molar-refractivity contribution is -0.117. The van der Waals surface area contributed by atoms with Gasteiger partial charge in [0.1, 0.15) is 5.82 Å². The second-order valence-electron chi connectivity index (χ2n) is 7.34. The molecule has 0 unspecified atom stereocenters. The fourth-order valence-electron chi connectivity index (χ4n) is 4.20. The number of anilines is 1. The summed E-state index contributed by atoms with van der Waals surface area (Å²) >= 11 is 0. The summed E-state index contributed by atoms with van der Waals surface area (Å²) < 4.78 is 2.19. The van der Waals surface area contributed by atoms with E-state index in [9.17, 15) is 9.59 Å². The van der Waals surface area contributed by atoms with Gasteiger partial charge in [0.05, 0.1) is 0 Å². The molecule has 142 valence electrons. The van der Waals surface area contributed by atoms with E-state index in [-0.39, 0.29) is 11.8 Å². The van der Waals surface area contributed by atoms with E-state index in [4.69, 9.17) is 0 Å². The molecule has 0 N–H and O–H groups in total. The first-order valence-corrected chi connectivity index (χ1v) is 9.88. The van der Waals surface area contributed by atoms with Crippen molar-refractivity contribution in [2.24, 2.45) is 0 Å². The van der Waals surface area contributed by atoms with Gasteiger partial charge in [-0.3, -0.25) is 9.59 Å². The van der Waals surface area contributed by atoms with E-state index >= 15 is 0 Å². The van der Waals surface area contributed by atoms with Crippen LogP contribution in [0.25, 0.3) is 0 Å². The van der Waals surface area contributed by atoms with Crippen LogP contribution in [-0.4, -0.2) is 45.9 Å². The topological polar surface area (TPSA) is 58.4 Å². The lowest BCUT2D eigenvalue weighted by Crippen LogP contribution is -2.38. The fourth-order valence-corrected chi connectivity index (χ4v) is 4.20. The number of hydrogen-bond acceptors (Lipinski definition) is 3. The molecule has 1 aromatic carbocycles. The SMILES string of the molecule is CCn1ccnc1C1CCN(C(=O)c2cccc(N3CCCC3=O)c2)CC1. The average Bonchev–Trinajstić information content (AvgIpc) is 3.36. The summed E-state index contributed by atoms with van der Waals surface area (Å²) in [6.45, 7) is 5.28. The lowest BCUT2D eigenvalue weighted by Gasteiger charge is -2.32. The molecule has 6 nitrogen and oxygen atoms in total. The highest BCUT2D eigenvalue weighted by Gasteiger charge is 2.28. The number of carbonyl (C=O) groups is 2. The quantitative estimate of drug-likeness (QED) is 0.836. The number of nitrogens with zero attached hydrogens (tertiary/aromatic N) is 4. The van der Waals surface area contributed by atoms with Crippen LogP contribution in [0.2, 0.25) is 0 Å². The summed E-state index contributed by atoms with van der Waals surface area (Å²) in [5.41, 5.74) is 1.50. The maximum Gasteiger partial charge on any atom is 0.253 e. The minimum absolute atomic E-state index is 0.0563. The molecule has 2 amide bonds. The van der Waals surface area contributed by atoms with E-state index in [1.807, 2.05) is 41.6 Å². The van der Waals surface area contributed by atoms with E-state index in [1.165, 1.54) is 0 Å². The summed E-state index contributed by atoms with van der Waals surface area (Å²) in [6, 6.07) is 7.50. The second-order valence-corrected chi connectivity index (χ2v) is 7.34. The van der Waals surface area contributed by atoms with Crippen molar-refractivity contribution in [1.29, 1.82) is 0 Å². The number of hydrogen-bond donors (Lipinski definition) is 0. The van der Waals surface area contributed by atoms with E-state index in [0.717, 1.165) is 57.0 Å². The smallest absolute Gasteiger partial charge is 0.253 e. The Balaban J connectivity index is 1.43. The van der Waals surface area contributed by atoms with Gasteiger partial charge in [-0.1, -0.05) is 6.07 Å². The predicted octanol–water partition coefficient (Wildman–Crippen LogP) is 3.05. The van der Waals surface area contributed by atoms with E-state index in [1.54, 1.807) is 4.90 Å². The maximum absolute atomic E-state index is 13.0. The number of carbonyl (C=O) groups excluding carboxylic acids is 2. The van der Waals surface area contributed by atoms with Gasteiger partial charge in [-0.05, 0) is 44.4 Å². The molecule has 1 aromatic heterocycles. The third kappa shape index (κ3) is 3.48. The van der Waals surface area contributed by atoms with Crippen LogP contribution < -0.4 is 4.90 Å². The summed E-state index contributed by atoms with van der Waals surface area (Å²) in [5, 5.41) is 0. The zero-order valence-electron chi connectivity index (χ0n) is 15.8. The van der Waals surface area contributed by atoms with Crippen molar-refractivity contribution < 1.29 is 9.59 Å². The van der Waals surface area contributed by atoms with Crippen molar-refractivity contribution in [1.82, 2.24) is 14.5 Å². The van der Waals surface area contributed by atoms with E-state index < -0.39 is 0 Å². The Bertz CT molecular complexity index is 836. The molecule has 6 heteroatoms. The molecule has 2 aliphatic heterocycles. The molecule has 0 atom stereocenters. The van der Waals surface area contributed by atoms with Crippen LogP contribution in [0, 0.1) is 0 Å². The zero-order valence-corrected chi connectivity index (χ0v) is 15.8. The fraction of sp³-hybridized carbons (Fsp3) is 0.476. The lowest BCUT2D eigenvalue weighted by atomic mass is 9.95. The molecule has 2 saturated heterocycles. The Kier molecular flexibility index (Phi) is 4.97. The Hall–Kier alpha value is -2.63. The molecule has 3 heterocycles. The third-order valence-corrected chi connectivity index (χ3v) is 5.71.